The fraction of sp³-hybridized carbons (Fsp3) is 0.462. The van der Waals surface area contributed by atoms with E-state index in [4.69, 9.17) is 11.6 Å². The second-order valence-corrected chi connectivity index (χ2v) is 4.19. The first kappa shape index (κ1) is 13.2. The van der Waals surface area contributed by atoms with E-state index in [1.165, 1.54) is 5.56 Å². The van der Waals surface area contributed by atoms with E-state index in [1.807, 2.05) is 24.3 Å². The summed E-state index contributed by atoms with van der Waals surface area (Å²) in [4.78, 5) is 10.7. The van der Waals surface area contributed by atoms with Crippen molar-refractivity contribution in [2.45, 2.75) is 32.1 Å². The molecule has 0 aliphatic rings. The first-order chi connectivity index (χ1) is 7.74. The van der Waals surface area contributed by atoms with Gasteiger partial charge in [-0.3, -0.25) is 9.18 Å². The molecule has 0 saturated carbocycles. The number of alkyl halides is 1. The Balaban J connectivity index is 2.56. The highest BCUT2D eigenvalue weighted by Gasteiger charge is 2.04. The molecule has 0 saturated heterocycles. The minimum absolute atomic E-state index is 0.262. The highest BCUT2D eigenvalue weighted by molar-refractivity contribution is 6.63. The van der Waals surface area contributed by atoms with Crippen molar-refractivity contribution in [3.63, 3.8) is 0 Å². The summed E-state index contributed by atoms with van der Waals surface area (Å²) >= 11 is 5.32. The molecule has 88 valence electrons. The van der Waals surface area contributed by atoms with Crippen molar-refractivity contribution >= 4 is 16.8 Å². The molecule has 1 rings (SSSR count). The predicted molar refractivity (Wildman–Crippen MR) is 64.5 cm³/mol. The standard InChI is InChI=1S/C13H16ClFO/c14-13(16)9-8-12-6-2-1-5-11(12)7-3-4-10-15/h1-2,5-6H,3-4,7-10H2. The Hall–Kier alpha value is -0.890. The van der Waals surface area contributed by atoms with Gasteiger partial charge in [-0.1, -0.05) is 24.3 Å². The quantitative estimate of drug-likeness (QED) is 0.527. The van der Waals surface area contributed by atoms with Gasteiger partial charge in [-0.25, -0.2) is 0 Å². The smallest absolute Gasteiger partial charge is 0.221 e. The topological polar surface area (TPSA) is 17.1 Å². The van der Waals surface area contributed by atoms with Crippen LogP contribution in [0.15, 0.2) is 24.3 Å². The third-order valence-corrected chi connectivity index (χ3v) is 2.73. The zero-order valence-corrected chi connectivity index (χ0v) is 9.97. The van der Waals surface area contributed by atoms with Crippen molar-refractivity contribution in [3.05, 3.63) is 35.4 Å². The van der Waals surface area contributed by atoms with Gasteiger partial charge in [0.05, 0.1) is 6.67 Å². The lowest BCUT2D eigenvalue weighted by molar-refractivity contribution is -0.111. The number of halogens is 2. The normalized spacial score (nSPS) is 10.4. The molecule has 0 amide bonds. The van der Waals surface area contributed by atoms with Crippen LogP contribution < -0.4 is 0 Å². The van der Waals surface area contributed by atoms with Crippen LogP contribution in [0.5, 0.6) is 0 Å². The molecule has 3 heteroatoms. The van der Waals surface area contributed by atoms with E-state index in [0.717, 1.165) is 18.4 Å². The molecule has 0 unspecified atom stereocenters. The monoisotopic (exact) mass is 242 g/mol. The molecule has 0 bridgehead atoms. The summed E-state index contributed by atoms with van der Waals surface area (Å²) in [5, 5.41) is -0.307. The summed E-state index contributed by atoms with van der Waals surface area (Å²) in [7, 11) is 0. The molecular weight excluding hydrogens is 227 g/mol. The third kappa shape index (κ3) is 4.75. The molecule has 0 atom stereocenters. The van der Waals surface area contributed by atoms with Gasteiger partial charge in [-0.15, -0.1) is 0 Å². The van der Waals surface area contributed by atoms with Gasteiger partial charge < -0.3 is 0 Å². The van der Waals surface area contributed by atoms with Gasteiger partial charge in [0.2, 0.25) is 5.24 Å². The molecule has 0 spiro atoms. The van der Waals surface area contributed by atoms with Crippen molar-refractivity contribution in [1.82, 2.24) is 0 Å². The minimum atomic E-state index is -0.307. The minimum Gasteiger partial charge on any atom is -0.281 e. The van der Waals surface area contributed by atoms with E-state index >= 15 is 0 Å². The van der Waals surface area contributed by atoms with Crippen LogP contribution in [0.2, 0.25) is 0 Å². The van der Waals surface area contributed by atoms with Gasteiger partial charge in [0.1, 0.15) is 0 Å². The van der Waals surface area contributed by atoms with Crippen molar-refractivity contribution in [2.75, 3.05) is 6.67 Å². The number of carbonyl (C=O) groups excluding carboxylic acids is 1. The van der Waals surface area contributed by atoms with Gasteiger partial charge in [-0.05, 0) is 48.4 Å². The number of rotatable bonds is 7. The SMILES string of the molecule is O=C(Cl)CCc1ccccc1CCCCF. The summed E-state index contributed by atoms with van der Waals surface area (Å²) in [6.07, 6.45) is 3.36. The van der Waals surface area contributed by atoms with E-state index in [1.54, 1.807) is 0 Å². The Bertz CT molecular complexity index is 338. The fourth-order valence-electron chi connectivity index (χ4n) is 1.69. The number of hydrogen-bond acceptors (Lipinski definition) is 1. The van der Waals surface area contributed by atoms with Crippen LogP contribution >= 0.6 is 11.6 Å². The largest absolute Gasteiger partial charge is 0.281 e. The van der Waals surface area contributed by atoms with Gasteiger partial charge in [0, 0.05) is 6.42 Å². The maximum atomic E-state index is 12.0. The van der Waals surface area contributed by atoms with Crippen LogP contribution in [-0.2, 0) is 17.6 Å². The average molecular weight is 243 g/mol. The average Bonchev–Trinajstić information content (AvgIpc) is 2.28. The van der Waals surface area contributed by atoms with Crippen molar-refractivity contribution in [2.24, 2.45) is 0 Å². The molecular formula is C13H16ClFO. The van der Waals surface area contributed by atoms with Crippen molar-refractivity contribution in [3.8, 4) is 0 Å². The molecule has 0 fully saturated rings. The van der Waals surface area contributed by atoms with Crippen molar-refractivity contribution < 1.29 is 9.18 Å². The molecule has 0 aliphatic carbocycles. The lowest BCUT2D eigenvalue weighted by Crippen LogP contribution is -1.97. The highest BCUT2D eigenvalue weighted by Crippen LogP contribution is 2.14. The first-order valence-corrected chi connectivity index (χ1v) is 5.93. The van der Waals surface area contributed by atoms with Crippen LogP contribution in [-0.4, -0.2) is 11.9 Å². The second kappa shape index (κ2) is 7.39. The molecule has 1 aromatic carbocycles. The fourth-order valence-corrected chi connectivity index (χ4v) is 1.78. The third-order valence-electron chi connectivity index (χ3n) is 2.54. The van der Waals surface area contributed by atoms with Gasteiger partial charge >= 0.3 is 0 Å². The van der Waals surface area contributed by atoms with Crippen LogP contribution in [0.4, 0.5) is 4.39 Å². The van der Waals surface area contributed by atoms with E-state index in [2.05, 4.69) is 0 Å². The first-order valence-electron chi connectivity index (χ1n) is 5.55. The Morgan fingerprint density at radius 2 is 1.75 bits per heavy atom. The molecule has 1 aromatic rings. The van der Waals surface area contributed by atoms with Crippen LogP contribution in [0, 0.1) is 0 Å². The van der Waals surface area contributed by atoms with E-state index in [0.29, 0.717) is 19.3 Å². The molecule has 0 aromatic heterocycles. The van der Waals surface area contributed by atoms with Crippen molar-refractivity contribution in [1.29, 1.82) is 0 Å². The predicted octanol–water partition coefficient (Wildman–Crippen LogP) is 3.68. The highest BCUT2D eigenvalue weighted by atomic mass is 35.5. The number of carbonyl (C=O) groups is 1. The zero-order valence-electron chi connectivity index (χ0n) is 9.22. The zero-order chi connectivity index (χ0) is 11.8. The summed E-state index contributed by atoms with van der Waals surface area (Å²) in [5.41, 5.74) is 2.35. The molecule has 0 heterocycles. The molecule has 1 nitrogen and oxygen atoms in total. The summed E-state index contributed by atoms with van der Waals surface area (Å²) in [6, 6.07) is 7.96. The number of unbranched alkanes of at least 4 members (excludes halogenated alkanes) is 1. The number of benzene rings is 1. The van der Waals surface area contributed by atoms with Gasteiger partial charge in [0.25, 0.3) is 0 Å². The summed E-state index contributed by atoms with van der Waals surface area (Å²) in [6.45, 7) is -0.262. The van der Waals surface area contributed by atoms with E-state index in [-0.39, 0.29) is 11.9 Å². The number of hydrogen-bond donors (Lipinski definition) is 0. The van der Waals surface area contributed by atoms with Crippen LogP contribution in [0.1, 0.15) is 30.4 Å². The summed E-state index contributed by atoms with van der Waals surface area (Å²) in [5.74, 6) is 0. The van der Waals surface area contributed by atoms with Gasteiger partial charge in [0.15, 0.2) is 0 Å². The lowest BCUT2D eigenvalue weighted by atomic mass is 9.99. The molecule has 0 radical (unpaired) electrons. The Morgan fingerprint density at radius 3 is 2.31 bits per heavy atom. The number of aryl methyl sites for hydroxylation is 2. The molecule has 0 N–H and O–H groups in total. The second-order valence-electron chi connectivity index (χ2n) is 3.77. The van der Waals surface area contributed by atoms with Crippen LogP contribution in [0.25, 0.3) is 0 Å². The van der Waals surface area contributed by atoms with Crippen LogP contribution in [0.3, 0.4) is 0 Å². The maximum Gasteiger partial charge on any atom is 0.221 e. The Labute approximate surface area is 101 Å². The molecule has 16 heavy (non-hydrogen) atoms. The Morgan fingerprint density at radius 1 is 1.12 bits per heavy atom. The maximum absolute atomic E-state index is 12.0. The van der Waals surface area contributed by atoms with E-state index in [9.17, 15) is 9.18 Å². The van der Waals surface area contributed by atoms with Gasteiger partial charge in [-0.2, -0.15) is 0 Å². The lowest BCUT2D eigenvalue weighted by Gasteiger charge is -2.07. The van der Waals surface area contributed by atoms with E-state index < -0.39 is 0 Å². The summed E-state index contributed by atoms with van der Waals surface area (Å²) < 4.78 is 12.0. The molecule has 0 aliphatic heterocycles. The Kier molecular flexibility index (Phi) is 6.09.